The van der Waals surface area contributed by atoms with Gasteiger partial charge in [-0.3, -0.25) is 9.59 Å². The molecule has 0 unspecified atom stereocenters. The molecule has 0 spiro atoms. The third-order valence-corrected chi connectivity index (χ3v) is 1.95. The zero-order valence-electron chi connectivity index (χ0n) is 8.74. The van der Waals surface area contributed by atoms with Crippen LogP contribution in [0.4, 0.5) is 0 Å². The maximum absolute atomic E-state index is 11.5. The molecular weight excluding hydrogens is 216 g/mol. The van der Waals surface area contributed by atoms with E-state index in [1.165, 1.54) is 12.2 Å². The molecule has 0 saturated heterocycles. The third kappa shape index (κ3) is 3.09. The van der Waals surface area contributed by atoms with Crippen molar-refractivity contribution in [3.8, 4) is 0 Å². The molecule has 0 aliphatic carbocycles. The van der Waals surface area contributed by atoms with E-state index in [2.05, 4.69) is 9.98 Å². The summed E-state index contributed by atoms with van der Waals surface area (Å²) in [5.74, 6) is -0.744. The summed E-state index contributed by atoms with van der Waals surface area (Å²) in [5.41, 5.74) is -0.337. The highest BCUT2D eigenvalue weighted by atomic mass is 35.5. The van der Waals surface area contributed by atoms with Gasteiger partial charge >= 0.3 is 0 Å². The second-order valence-corrected chi connectivity index (χ2v) is 4.48. The number of rotatable bonds is 0. The molecule has 4 nitrogen and oxygen atoms in total. The Morgan fingerprint density at radius 1 is 1.40 bits per heavy atom. The Bertz CT molecular complexity index is 400. The number of halogens is 1. The fourth-order valence-corrected chi connectivity index (χ4v) is 0.959. The predicted octanol–water partition coefficient (Wildman–Crippen LogP) is 1.73. The first-order valence-corrected chi connectivity index (χ1v) is 4.78. The van der Waals surface area contributed by atoms with Gasteiger partial charge in [-0.25, -0.2) is 4.99 Å². The largest absolute Gasteiger partial charge is 0.272 e. The maximum Gasteiger partial charge on any atom is 0.271 e. The third-order valence-electron chi connectivity index (χ3n) is 1.67. The first kappa shape index (κ1) is 11.8. The van der Waals surface area contributed by atoms with Crippen molar-refractivity contribution < 1.29 is 9.59 Å². The van der Waals surface area contributed by atoms with E-state index in [1.54, 1.807) is 20.8 Å². The van der Waals surface area contributed by atoms with E-state index in [-0.39, 0.29) is 16.8 Å². The minimum absolute atomic E-state index is 0.0416. The highest BCUT2D eigenvalue weighted by Crippen LogP contribution is 2.16. The Kier molecular flexibility index (Phi) is 3.19. The number of hydrogen-bond donors (Lipinski definition) is 0. The topological polar surface area (TPSA) is 58.9 Å². The molecule has 5 heteroatoms. The summed E-state index contributed by atoms with van der Waals surface area (Å²) in [6, 6.07) is 0. The molecule has 0 atom stereocenters. The van der Waals surface area contributed by atoms with Gasteiger partial charge in [0.25, 0.3) is 11.8 Å². The first-order valence-electron chi connectivity index (χ1n) is 4.40. The summed E-state index contributed by atoms with van der Waals surface area (Å²) in [4.78, 5) is 29.6. The standard InChI is InChI=1S/C10H11ClN2O2/c1-10(2,3)9(15)12-6-4-5-7(14)13-8(6)11/h4-5H,1-3H3. The Balaban J connectivity index is 2.96. The Morgan fingerprint density at radius 2 is 2.00 bits per heavy atom. The van der Waals surface area contributed by atoms with E-state index >= 15 is 0 Å². The van der Waals surface area contributed by atoms with E-state index in [1.807, 2.05) is 0 Å². The molecule has 1 rings (SSSR count). The van der Waals surface area contributed by atoms with Crippen LogP contribution in [0, 0.1) is 5.41 Å². The number of aliphatic imine (C=N–C) groups is 2. The number of nitrogens with zero attached hydrogens (tertiary/aromatic N) is 2. The van der Waals surface area contributed by atoms with Crippen LogP contribution in [0.1, 0.15) is 20.8 Å². The van der Waals surface area contributed by atoms with Gasteiger partial charge in [-0.05, 0) is 6.08 Å². The van der Waals surface area contributed by atoms with Crippen LogP contribution in [-0.4, -0.2) is 22.7 Å². The monoisotopic (exact) mass is 226 g/mol. The number of amides is 2. The molecule has 80 valence electrons. The lowest BCUT2D eigenvalue weighted by Gasteiger charge is -2.13. The van der Waals surface area contributed by atoms with Crippen molar-refractivity contribution in [2.75, 3.05) is 0 Å². The van der Waals surface area contributed by atoms with Crippen LogP contribution in [-0.2, 0) is 9.59 Å². The predicted molar refractivity (Wildman–Crippen MR) is 59.3 cm³/mol. The fourth-order valence-electron chi connectivity index (χ4n) is 0.771. The Labute approximate surface area is 92.7 Å². The minimum atomic E-state index is -0.570. The van der Waals surface area contributed by atoms with Crippen LogP contribution < -0.4 is 0 Å². The van der Waals surface area contributed by atoms with Gasteiger partial charge in [-0.2, -0.15) is 4.99 Å². The SMILES string of the molecule is CC(C)(C)C(=O)N=C1C=CC(=O)N=C1Cl. The van der Waals surface area contributed by atoms with Crippen molar-refractivity contribution in [3.05, 3.63) is 12.2 Å². The van der Waals surface area contributed by atoms with Crippen LogP contribution in [0.2, 0.25) is 0 Å². The number of hydrogen-bond acceptors (Lipinski definition) is 2. The number of carbonyl (C=O) groups excluding carboxylic acids is 2. The van der Waals surface area contributed by atoms with Crippen molar-refractivity contribution in [1.82, 2.24) is 0 Å². The van der Waals surface area contributed by atoms with E-state index in [0.717, 1.165) is 0 Å². The van der Waals surface area contributed by atoms with E-state index in [4.69, 9.17) is 11.6 Å². The van der Waals surface area contributed by atoms with Gasteiger partial charge < -0.3 is 0 Å². The average molecular weight is 227 g/mol. The molecule has 0 radical (unpaired) electrons. The highest BCUT2D eigenvalue weighted by Gasteiger charge is 2.22. The quantitative estimate of drug-likeness (QED) is 0.632. The van der Waals surface area contributed by atoms with Crippen LogP contribution in [0.25, 0.3) is 0 Å². The molecule has 2 amide bonds. The molecule has 15 heavy (non-hydrogen) atoms. The van der Waals surface area contributed by atoms with Crippen molar-refractivity contribution >= 4 is 34.3 Å². The van der Waals surface area contributed by atoms with Crippen molar-refractivity contribution in [1.29, 1.82) is 0 Å². The fraction of sp³-hybridized carbons (Fsp3) is 0.400. The summed E-state index contributed by atoms with van der Waals surface area (Å²) in [6.45, 7) is 5.26. The van der Waals surface area contributed by atoms with Crippen LogP contribution in [0.5, 0.6) is 0 Å². The lowest BCUT2D eigenvalue weighted by Crippen LogP contribution is -2.22. The summed E-state index contributed by atoms with van der Waals surface area (Å²) in [7, 11) is 0. The lowest BCUT2D eigenvalue weighted by molar-refractivity contribution is -0.124. The molecule has 0 aromatic heterocycles. The zero-order chi connectivity index (χ0) is 11.6. The van der Waals surface area contributed by atoms with Gasteiger partial charge in [-0.1, -0.05) is 32.4 Å². The summed E-state index contributed by atoms with van der Waals surface area (Å²) in [5, 5.41) is -0.0416. The van der Waals surface area contributed by atoms with Gasteiger partial charge in [0.05, 0.1) is 0 Å². The second-order valence-electron chi connectivity index (χ2n) is 4.13. The number of dihydropyridines is 1. The van der Waals surface area contributed by atoms with Crippen molar-refractivity contribution in [3.63, 3.8) is 0 Å². The van der Waals surface area contributed by atoms with Crippen molar-refractivity contribution in [2.45, 2.75) is 20.8 Å². The normalized spacial score (nSPS) is 19.3. The molecule has 0 N–H and O–H groups in total. The molecule has 0 bridgehead atoms. The molecular formula is C10H11ClN2O2. The maximum atomic E-state index is 11.5. The van der Waals surface area contributed by atoms with E-state index < -0.39 is 11.3 Å². The number of carbonyl (C=O) groups is 2. The Morgan fingerprint density at radius 3 is 2.47 bits per heavy atom. The molecule has 0 aromatic rings. The lowest BCUT2D eigenvalue weighted by atomic mass is 9.96. The first-order chi connectivity index (χ1) is 6.80. The summed E-state index contributed by atoms with van der Waals surface area (Å²) < 4.78 is 0. The molecule has 0 aromatic carbocycles. The van der Waals surface area contributed by atoms with Gasteiger partial charge in [0.1, 0.15) is 5.71 Å². The second kappa shape index (κ2) is 4.06. The highest BCUT2D eigenvalue weighted by molar-refractivity contribution is 6.86. The van der Waals surface area contributed by atoms with E-state index in [9.17, 15) is 9.59 Å². The zero-order valence-corrected chi connectivity index (χ0v) is 9.50. The van der Waals surface area contributed by atoms with Gasteiger partial charge in [0.15, 0.2) is 5.17 Å². The molecule has 0 fully saturated rings. The molecule has 1 heterocycles. The Hall–Kier alpha value is -1.29. The summed E-state index contributed by atoms with van der Waals surface area (Å²) >= 11 is 5.67. The molecule has 0 saturated carbocycles. The molecule has 1 aliphatic rings. The van der Waals surface area contributed by atoms with Crippen LogP contribution in [0.15, 0.2) is 22.1 Å². The smallest absolute Gasteiger partial charge is 0.271 e. The average Bonchev–Trinajstić information content (AvgIpc) is 2.08. The van der Waals surface area contributed by atoms with Crippen molar-refractivity contribution in [2.24, 2.45) is 15.4 Å². The van der Waals surface area contributed by atoms with Gasteiger partial charge in [0, 0.05) is 11.5 Å². The van der Waals surface area contributed by atoms with Crippen LogP contribution >= 0.6 is 11.6 Å². The van der Waals surface area contributed by atoms with Crippen LogP contribution in [0.3, 0.4) is 0 Å². The van der Waals surface area contributed by atoms with E-state index in [0.29, 0.717) is 0 Å². The summed E-state index contributed by atoms with van der Waals surface area (Å²) in [6.07, 6.45) is 2.61. The minimum Gasteiger partial charge on any atom is -0.272 e. The van der Waals surface area contributed by atoms with Gasteiger partial charge in [0.2, 0.25) is 0 Å². The molecule has 1 aliphatic heterocycles. The van der Waals surface area contributed by atoms with Gasteiger partial charge in [-0.15, -0.1) is 0 Å². The number of allylic oxidation sites excluding steroid dienone is 1.